The summed E-state index contributed by atoms with van der Waals surface area (Å²) in [6.45, 7) is 4.15. The van der Waals surface area contributed by atoms with Crippen LogP contribution >= 0.6 is 0 Å². The average Bonchev–Trinajstić information content (AvgIpc) is 2.46. The van der Waals surface area contributed by atoms with E-state index >= 15 is 0 Å². The van der Waals surface area contributed by atoms with Crippen molar-refractivity contribution in [3.8, 4) is 17.6 Å². The Balaban J connectivity index is 2.46. The second kappa shape index (κ2) is 9.81. The minimum Gasteiger partial charge on any atom is -0.492 e. The van der Waals surface area contributed by atoms with Crippen LogP contribution in [0.5, 0.6) is 5.75 Å². The number of benzene rings is 1. The number of nitrogens with zero attached hydrogens (tertiary/aromatic N) is 1. The number of hydrogen-bond acceptors (Lipinski definition) is 4. The van der Waals surface area contributed by atoms with E-state index in [-0.39, 0.29) is 19.1 Å². The third-order valence-electron chi connectivity index (χ3n) is 2.81. The highest BCUT2D eigenvalue weighted by Crippen LogP contribution is 2.12. The fourth-order valence-electron chi connectivity index (χ4n) is 1.75. The molecule has 0 aliphatic carbocycles. The van der Waals surface area contributed by atoms with Gasteiger partial charge in [0.25, 0.3) is 0 Å². The summed E-state index contributed by atoms with van der Waals surface area (Å²) >= 11 is 0. The van der Waals surface area contributed by atoms with E-state index in [1.165, 1.54) is 0 Å². The first kappa shape index (κ1) is 17.0. The molecule has 0 fully saturated rings. The molecule has 5 heteroatoms. The summed E-state index contributed by atoms with van der Waals surface area (Å²) in [5, 5.41) is 8.69. The van der Waals surface area contributed by atoms with Crippen LogP contribution in [-0.2, 0) is 4.79 Å². The maximum Gasteiger partial charge on any atom is 0.231 e. The van der Waals surface area contributed by atoms with E-state index in [0.29, 0.717) is 19.6 Å². The minimum atomic E-state index is -0.335. The van der Waals surface area contributed by atoms with Gasteiger partial charge in [0, 0.05) is 18.5 Å². The molecule has 1 rings (SSSR count). The largest absolute Gasteiger partial charge is 0.492 e. The van der Waals surface area contributed by atoms with Crippen molar-refractivity contribution >= 4 is 5.91 Å². The SMILES string of the molecule is CCN(CCOc1cccc(C#CCCO)c1)CC(N)=O. The summed E-state index contributed by atoms with van der Waals surface area (Å²) in [5.41, 5.74) is 6.03. The first-order chi connectivity index (χ1) is 10.2. The van der Waals surface area contributed by atoms with Gasteiger partial charge in [0.1, 0.15) is 12.4 Å². The van der Waals surface area contributed by atoms with Gasteiger partial charge in [-0.2, -0.15) is 0 Å². The minimum absolute atomic E-state index is 0.0654. The molecule has 114 valence electrons. The molecular formula is C16H22N2O3. The summed E-state index contributed by atoms with van der Waals surface area (Å²) < 4.78 is 5.66. The lowest BCUT2D eigenvalue weighted by Crippen LogP contribution is -2.36. The maximum atomic E-state index is 10.9. The number of likely N-dealkylation sites (N-methyl/N-ethyl adjacent to an activating group) is 1. The highest BCUT2D eigenvalue weighted by atomic mass is 16.5. The molecule has 1 amide bonds. The van der Waals surface area contributed by atoms with Gasteiger partial charge in [-0.25, -0.2) is 0 Å². The predicted octanol–water partition coefficient (Wildman–Crippen LogP) is 0.607. The Morgan fingerprint density at radius 2 is 2.29 bits per heavy atom. The molecule has 21 heavy (non-hydrogen) atoms. The monoisotopic (exact) mass is 290 g/mol. The third kappa shape index (κ3) is 7.35. The molecule has 0 aliphatic rings. The lowest BCUT2D eigenvalue weighted by Gasteiger charge is -2.18. The summed E-state index contributed by atoms with van der Waals surface area (Å²) in [7, 11) is 0. The van der Waals surface area contributed by atoms with Gasteiger partial charge < -0.3 is 15.6 Å². The third-order valence-corrected chi connectivity index (χ3v) is 2.81. The van der Waals surface area contributed by atoms with Crippen molar-refractivity contribution in [3.05, 3.63) is 29.8 Å². The number of nitrogens with two attached hydrogens (primary N) is 1. The Morgan fingerprint density at radius 3 is 2.95 bits per heavy atom. The standard InChI is InChI=1S/C16H22N2O3/c1-2-18(13-16(17)20)9-11-21-15-8-5-7-14(12-15)6-3-4-10-19/h5,7-8,12,19H,2,4,9-11,13H2,1H3,(H2,17,20). The van der Waals surface area contributed by atoms with E-state index < -0.39 is 0 Å². The zero-order valence-corrected chi connectivity index (χ0v) is 12.3. The van der Waals surface area contributed by atoms with Gasteiger partial charge in [0.15, 0.2) is 0 Å². The van der Waals surface area contributed by atoms with Crippen LogP contribution in [0.2, 0.25) is 0 Å². The van der Waals surface area contributed by atoms with Crippen molar-refractivity contribution in [1.82, 2.24) is 4.90 Å². The summed E-state index contributed by atoms with van der Waals surface area (Å²) in [4.78, 5) is 12.8. The number of ether oxygens (including phenoxy) is 1. The van der Waals surface area contributed by atoms with E-state index in [1.54, 1.807) is 0 Å². The molecule has 0 aromatic heterocycles. The lowest BCUT2D eigenvalue weighted by molar-refractivity contribution is -0.119. The van der Waals surface area contributed by atoms with Gasteiger partial charge in [-0.1, -0.05) is 24.8 Å². The molecule has 0 spiro atoms. The van der Waals surface area contributed by atoms with Crippen molar-refractivity contribution < 1.29 is 14.6 Å². The number of carbonyl (C=O) groups excluding carboxylic acids is 1. The first-order valence-corrected chi connectivity index (χ1v) is 6.99. The summed E-state index contributed by atoms with van der Waals surface area (Å²) in [5.74, 6) is 6.23. The highest BCUT2D eigenvalue weighted by molar-refractivity contribution is 5.75. The molecule has 0 aliphatic heterocycles. The normalized spacial score (nSPS) is 10.0. The number of rotatable bonds is 8. The van der Waals surface area contributed by atoms with E-state index in [0.717, 1.165) is 17.9 Å². The van der Waals surface area contributed by atoms with E-state index in [9.17, 15) is 4.79 Å². The highest BCUT2D eigenvalue weighted by Gasteiger charge is 2.05. The molecule has 0 unspecified atom stereocenters. The molecule has 0 heterocycles. The molecule has 3 N–H and O–H groups in total. The zero-order chi connectivity index (χ0) is 15.5. The molecule has 0 atom stereocenters. The summed E-state index contributed by atoms with van der Waals surface area (Å²) in [6.07, 6.45) is 0.462. The summed E-state index contributed by atoms with van der Waals surface area (Å²) in [6, 6.07) is 7.48. The number of carbonyl (C=O) groups is 1. The van der Waals surface area contributed by atoms with Crippen molar-refractivity contribution in [2.75, 3.05) is 32.8 Å². The fourth-order valence-corrected chi connectivity index (χ4v) is 1.75. The van der Waals surface area contributed by atoms with Crippen molar-refractivity contribution in [2.24, 2.45) is 5.73 Å². The number of hydrogen-bond donors (Lipinski definition) is 2. The van der Waals surface area contributed by atoms with Crippen LogP contribution in [0.3, 0.4) is 0 Å². The van der Waals surface area contributed by atoms with Gasteiger partial charge in [-0.3, -0.25) is 9.69 Å². The van der Waals surface area contributed by atoms with Crippen LogP contribution in [0, 0.1) is 11.8 Å². The van der Waals surface area contributed by atoms with Crippen LogP contribution < -0.4 is 10.5 Å². The number of amides is 1. The molecule has 5 nitrogen and oxygen atoms in total. The van der Waals surface area contributed by atoms with E-state index in [1.807, 2.05) is 36.1 Å². The first-order valence-electron chi connectivity index (χ1n) is 6.99. The van der Waals surface area contributed by atoms with Crippen LogP contribution in [0.25, 0.3) is 0 Å². The van der Waals surface area contributed by atoms with Crippen molar-refractivity contribution in [3.63, 3.8) is 0 Å². The molecule has 1 aromatic carbocycles. The van der Waals surface area contributed by atoms with E-state index in [4.69, 9.17) is 15.6 Å². The molecular weight excluding hydrogens is 268 g/mol. The molecule has 0 saturated heterocycles. The Morgan fingerprint density at radius 1 is 1.48 bits per heavy atom. The average molecular weight is 290 g/mol. The van der Waals surface area contributed by atoms with Gasteiger partial charge in [0.2, 0.25) is 5.91 Å². The Hall–Kier alpha value is -2.03. The van der Waals surface area contributed by atoms with Crippen LogP contribution in [-0.4, -0.2) is 48.8 Å². The molecule has 0 saturated carbocycles. The van der Waals surface area contributed by atoms with Crippen LogP contribution in [0.1, 0.15) is 18.9 Å². The second-order valence-corrected chi connectivity index (χ2v) is 4.49. The second-order valence-electron chi connectivity index (χ2n) is 4.49. The Kier molecular flexibility index (Phi) is 7.95. The van der Waals surface area contributed by atoms with E-state index in [2.05, 4.69) is 11.8 Å². The lowest BCUT2D eigenvalue weighted by atomic mass is 10.2. The quantitative estimate of drug-likeness (QED) is 0.688. The maximum absolute atomic E-state index is 10.9. The van der Waals surface area contributed by atoms with Crippen molar-refractivity contribution in [2.45, 2.75) is 13.3 Å². The van der Waals surface area contributed by atoms with Gasteiger partial charge >= 0.3 is 0 Å². The van der Waals surface area contributed by atoms with Crippen LogP contribution in [0.4, 0.5) is 0 Å². The predicted molar refractivity (Wildman–Crippen MR) is 81.8 cm³/mol. The van der Waals surface area contributed by atoms with Gasteiger partial charge in [-0.05, 0) is 24.7 Å². The Labute approximate surface area is 125 Å². The smallest absolute Gasteiger partial charge is 0.231 e. The molecule has 0 bridgehead atoms. The molecule has 1 aromatic rings. The zero-order valence-electron chi connectivity index (χ0n) is 12.3. The van der Waals surface area contributed by atoms with Crippen molar-refractivity contribution in [1.29, 1.82) is 0 Å². The Bertz CT molecular complexity index is 506. The fraction of sp³-hybridized carbons (Fsp3) is 0.438. The number of primary amides is 1. The van der Waals surface area contributed by atoms with Crippen LogP contribution in [0.15, 0.2) is 24.3 Å². The van der Waals surface area contributed by atoms with Gasteiger partial charge in [-0.15, -0.1) is 0 Å². The molecule has 0 radical (unpaired) electrons. The van der Waals surface area contributed by atoms with Gasteiger partial charge in [0.05, 0.1) is 13.2 Å². The number of aliphatic hydroxyl groups excluding tert-OH is 1. The topological polar surface area (TPSA) is 75.8 Å². The number of aliphatic hydroxyl groups is 1.